The molecule has 8 heteroatoms. The van der Waals surface area contributed by atoms with Gasteiger partial charge >= 0.3 is 0 Å². The van der Waals surface area contributed by atoms with Crippen molar-refractivity contribution in [2.45, 2.75) is 18.9 Å². The minimum absolute atomic E-state index is 0.0635. The molecule has 2 aromatic rings. The first kappa shape index (κ1) is 20.3. The van der Waals surface area contributed by atoms with Crippen molar-refractivity contribution in [2.24, 2.45) is 5.73 Å². The lowest BCUT2D eigenvalue weighted by molar-refractivity contribution is -0.119. The minimum Gasteiger partial charge on any atom is -0.484 e. The van der Waals surface area contributed by atoms with E-state index >= 15 is 0 Å². The van der Waals surface area contributed by atoms with E-state index in [0.29, 0.717) is 37.2 Å². The van der Waals surface area contributed by atoms with Crippen molar-refractivity contribution in [3.63, 3.8) is 0 Å². The molecule has 0 unspecified atom stereocenters. The number of nitrogens with two attached hydrogens (primary N) is 1. The molecule has 0 spiro atoms. The van der Waals surface area contributed by atoms with Gasteiger partial charge in [0.25, 0.3) is 17.7 Å². The molecule has 3 rings (SSSR count). The lowest BCUT2D eigenvalue weighted by Gasteiger charge is -2.32. The summed E-state index contributed by atoms with van der Waals surface area (Å²) >= 11 is 0. The highest BCUT2D eigenvalue weighted by Crippen LogP contribution is 2.17. The van der Waals surface area contributed by atoms with Gasteiger partial charge in [-0.2, -0.15) is 0 Å². The van der Waals surface area contributed by atoms with Gasteiger partial charge in [0.1, 0.15) is 11.6 Å². The van der Waals surface area contributed by atoms with Crippen LogP contribution in [-0.4, -0.2) is 48.4 Å². The smallest absolute Gasteiger partial charge is 0.256 e. The first-order valence-corrected chi connectivity index (χ1v) is 9.30. The molecule has 3 amide bonds. The zero-order valence-electron chi connectivity index (χ0n) is 15.8. The van der Waals surface area contributed by atoms with Crippen LogP contribution < -0.4 is 15.8 Å². The molecule has 1 fully saturated rings. The molecule has 2 aromatic carbocycles. The van der Waals surface area contributed by atoms with Gasteiger partial charge in [0.15, 0.2) is 6.61 Å². The zero-order chi connectivity index (χ0) is 20.8. The van der Waals surface area contributed by atoms with Crippen LogP contribution >= 0.6 is 0 Å². The summed E-state index contributed by atoms with van der Waals surface area (Å²) in [6.45, 7) is 0.658. The number of piperidine rings is 1. The molecule has 152 valence electrons. The van der Waals surface area contributed by atoms with Crippen molar-refractivity contribution in [3.05, 3.63) is 65.5 Å². The van der Waals surface area contributed by atoms with Gasteiger partial charge in [0, 0.05) is 24.7 Å². The van der Waals surface area contributed by atoms with Crippen LogP contribution in [-0.2, 0) is 4.79 Å². The number of nitrogens with zero attached hydrogens (tertiary/aromatic N) is 1. The highest BCUT2D eigenvalue weighted by molar-refractivity contribution is 5.95. The highest BCUT2D eigenvalue weighted by Gasteiger charge is 2.26. The van der Waals surface area contributed by atoms with Gasteiger partial charge in [-0.15, -0.1) is 0 Å². The second-order valence-corrected chi connectivity index (χ2v) is 6.80. The third-order valence-corrected chi connectivity index (χ3v) is 4.72. The van der Waals surface area contributed by atoms with Crippen LogP contribution in [0.2, 0.25) is 0 Å². The van der Waals surface area contributed by atoms with Crippen LogP contribution in [0, 0.1) is 5.82 Å². The van der Waals surface area contributed by atoms with E-state index in [1.165, 1.54) is 12.1 Å². The molecule has 1 aliphatic heterocycles. The van der Waals surface area contributed by atoms with Crippen LogP contribution in [0.4, 0.5) is 4.39 Å². The Morgan fingerprint density at radius 3 is 2.34 bits per heavy atom. The minimum atomic E-state index is -0.577. The number of carbonyl (C=O) groups excluding carboxylic acids is 3. The van der Waals surface area contributed by atoms with Crippen molar-refractivity contribution in [3.8, 4) is 5.75 Å². The molecule has 0 aromatic heterocycles. The van der Waals surface area contributed by atoms with Gasteiger partial charge in [-0.05, 0) is 49.2 Å². The number of primary amides is 1. The highest BCUT2D eigenvalue weighted by atomic mass is 19.1. The number of halogens is 1. The summed E-state index contributed by atoms with van der Waals surface area (Å²) in [5.41, 5.74) is 5.54. The van der Waals surface area contributed by atoms with Crippen LogP contribution in [0.15, 0.2) is 48.5 Å². The molecule has 1 heterocycles. The first-order chi connectivity index (χ1) is 13.9. The Morgan fingerprint density at radius 1 is 1.07 bits per heavy atom. The van der Waals surface area contributed by atoms with Crippen LogP contribution in [0.5, 0.6) is 5.75 Å². The van der Waals surface area contributed by atoms with Crippen LogP contribution in [0.25, 0.3) is 0 Å². The maximum absolute atomic E-state index is 13.8. The number of amides is 3. The average Bonchev–Trinajstić information content (AvgIpc) is 2.73. The third-order valence-electron chi connectivity index (χ3n) is 4.72. The molecule has 0 radical (unpaired) electrons. The Bertz CT molecular complexity index is 893. The van der Waals surface area contributed by atoms with Gasteiger partial charge in [0.05, 0.1) is 5.56 Å². The molecule has 29 heavy (non-hydrogen) atoms. The number of benzene rings is 2. The molecule has 0 atom stereocenters. The van der Waals surface area contributed by atoms with Crippen molar-refractivity contribution in [1.29, 1.82) is 0 Å². The van der Waals surface area contributed by atoms with Gasteiger partial charge in [-0.25, -0.2) is 4.39 Å². The van der Waals surface area contributed by atoms with Crippen molar-refractivity contribution in [2.75, 3.05) is 19.7 Å². The lowest BCUT2D eigenvalue weighted by atomic mass is 10.0. The summed E-state index contributed by atoms with van der Waals surface area (Å²) in [7, 11) is 0. The van der Waals surface area contributed by atoms with Crippen LogP contribution in [0.3, 0.4) is 0 Å². The second-order valence-electron chi connectivity index (χ2n) is 6.80. The molecular formula is C21H22FN3O4. The Balaban J connectivity index is 1.50. The Morgan fingerprint density at radius 2 is 1.72 bits per heavy atom. The van der Waals surface area contributed by atoms with E-state index in [4.69, 9.17) is 10.5 Å². The van der Waals surface area contributed by atoms with E-state index in [2.05, 4.69) is 5.32 Å². The largest absolute Gasteiger partial charge is 0.484 e. The van der Waals surface area contributed by atoms with E-state index in [9.17, 15) is 18.8 Å². The molecule has 3 N–H and O–H groups in total. The fourth-order valence-corrected chi connectivity index (χ4v) is 3.16. The SMILES string of the molecule is NC(=O)COc1ccc(C(=O)NC2CCN(C(=O)c3ccccc3F)CC2)cc1. The number of hydrogen-bond donors (Lipinski definition) is 2. The normalized spacial score (nSPS) is 14.3. The Hall–Kier alpha value is -3.42. The number of nitrogens with one attached hydrogen (secondary N) is 1. The van der Waals surface area contributed by atoms with Gasteiger partial charge in [0.2, 0.25) is 0 Å². The fraction of sp³-hybridized carbons (Fsp3) is 0.286. The topological polar surface area (TPSA) is 102 Å². The fourth-order valence-electron chi connectivity index (χ4n) is 3.16. The summed E-state index contributed by atoms with van der Waals surface area (Å²) in [4.78, 5) is 37.2. The maximum atomic E-state index is 13.8. The number of ether oxygens (including phenoxy) is 1. The predicted octanol–water partition coefficient (Wildman–Crippen LogP) is 1.72. The van der Waals surface area contributed by atoms with E-state index in [-0.39, 0.29) is 30.0 Å². The summed E-state index contributed by atoms with van der Waals surface area (Å²) in [6.07, 6.45) is 1.18. The van der Waals surface area contributed by atoms with E-state index < -0.39 is 11.7 Å². The van der Waals surface area contributed by atoms with Gasteiger partial charge in [-0.3, -0.25) is 14.4 Å². The Kier molecular flexibility index (Phi) is 6.43. The summed E-state index contributed by atoms with van der Waals surface area (Å²) in [5.74, 6) is -1.23. The predicted molar refractivity (Wildman–Crippen MR) is 104 cm³/mol. The molecule has 1 saturated heterocycles. The molecule has 0 aliphatic carbocycles. The maximum Gasteiger partial charge on any atom is 0.256 e. The molecule has 7 nitrogen and oxygen atoms in total. The average molecular weight is 399 g/mol. The van der Waals surface area contributed by atoms with Crippen molar-refractivity contribution in [1.82, 2.24) is 10.2 Å². The number of rotatable bonds is 6. The number of likely N-dealkylation sites (tertiary alicyclic amines) is 1. The summed E-state index contributed by atoms with van der Waals surface area (Å²) in [5, 5.41) is 2.95. The standard InChI is InChI=1S/C21H22FN3O4/c22-18-4-2-1-3-17(18)21(28)25-11-9-15(10-12-25)24-20(27)14-5-7-16(8-6-14)29-13-19(23)26/h1-8,15H,9-13H2,(H2,23,26)(H,24,27). The zero-order valence-corrected chi connectivity index (χ0v) is 15.8. The van der Waals surface area contributed by atoms with Crippen molar-refractivity contribution < 1.29 is 23.5 Å². The molecular weight excluding hydrogens is 377 g/mol. The first-order valence-electron chi connectivity index (χ1n) is 9.30. The van der Waals surface area contributed by atoms with E-state index in [1.54, 1.807) is 41.3 Å². The Labute approximate surface area is 167 Å². The van der Waals surface area contributed by atoms with E-state index in [1.807, 2.05) is 0 Å². The molecule has 0 saturated carbocycles. The quantitative estimate of drug-likeness (QED) is 0.772. The van der Waals surface area contributed by atoms with Gasteiger partial charge < -0.3 is 20.7 Å². The van der Waals surface area contributed by atoms with Gasteiger partial charge in [-0.1, -0.05) is 12.1 Å². The number of hydrogen-bond acceptors (Lipinski definition) is 4. The summed E-state index contributed by atoms with van der Waals surface area (Å²) < 4.78 is 19.0. The van der Waals surface area contributed by atoms with Crippen LogP contribution in [0.1, 0.15) is 33.6 Å². The lowest BCUT2D eigenvalue weighted by Crippen LogP contribution is -2.46. The van der Waals surface area contributed by atoms with E-state index in [0.717, 1.165) is 0 Å². The monoisotopic (exact) mass is 399 g/mol. The van der Waals surface area contributed by atoms with Crippen molar-refractivity contribution >= 4 is 17.7 Å². The molecule has 1 aliphatic rings. The number of carbonyl (C=O) groups is 3. The second kappa shape index (κ2) is 9.18. The summed E-state index contributed by atoms with van der Waals surface area (Å²) in [6, 6.07) is 12.2. The third kappa shape index (κ3) is 5.31. The molecule has 0 bridgehead atoms.